The molecule has 0 amide bonds. The number of ether oxygens (including phenoxy) is 1. The van der Waals surface area contributed by atoms with Crippen LogP contribution in [0, 0.1) is 11.3 Å². The summed E-state index contributed by atoms with van der Waals surface area (Å²) < 4.78 is 43.7. The van der Waals surface area contributed by atoms with E-state index >= 15 is 0 Å². The summed E-state index contributed by atoms with van der Waals surface area (Å²) in [6.45, 7) is 3.00. The molecule has 0 bridgehead atoms. The number of halogens is 3. The van der Waals surface area contributed by atoms with Gasteiger partial charge in [0.25, 0.3) is 0 Å². The maximum absolute atomic E-state index is 13.0. The normalized spacial score (nSPS) is 10.9. The topological polar surface area (TPSA) is 50.1 Å². The predicted molar refractivity (Wildman–Crippen MR) is 61.5 cm³/mol. The molecule has 1 rings (SSSR count). The Balaban J connectivity index is 3.57. The van der Waals surface area contributed by atoms with Crippen LogP contribution in [0.15, 0.2) is 12.1 Å². The van der Waals surface area contributed by atoms with Crippen LogP contribution in [0.25, 0.3) is 0 Å². The molecule has 0 aliphatic heterocycles. The van der Waals surface area contributed by atoms with Crippen molar-refractivity contribution in [3.63, 3.8) is 0 Å². The molecule has 0 aliphatic carbocycles. The molecule has 0 unspecified atom stereocenters. The maximum Gasteiger partial charge on any atom is 0.417 e. The van der Waals surface area contributed by atoms with Crippen molar-refractivity contribution in [2.24, 2.45) is 0 Å². The lowest BCUT2D eigenvalue weighted by atomic mass is 9.95. The molecule has 0 saturated carbocycles. The summed E-state index contributed by atoms with van der Waals surface area (Å²) in [6.07, 6.45) is -4.60. The second-order valence-corrected chi connectivity index (χ2v) is 3.74. The molecule has 19 heavy (non-hydrogen) atoms. The van der Waals surface area contributed by atoms with Gasteiger partial charge in [0.2, 0.25) is 0 Å². The van der Waals surface area contributed by atoms with Crippen molar-refractivity contribution in [1.29, 1.82) is 5.26 Å². The third-order valence-corrected chi connectivity index (χ3v) is 2.51. The van der Waals surface area contributed by atoms with Crippen molar-refractivity contribution in [3.05, 3.63) is 34.4 Å². The minimum atomic E-state index is -4.67. The Labute approximate surface area is 108 Å². The van der Waals surface area contributed by atoms with Crippen LogP contribution in [0.1, 0.15) is 40.9 Å². The lowest BCUT2D eigenvalue weighted by Crippen LogP contribution is -2.18. The Morgan fingerprint density at radius 3 is 2.42 bits per heavy atom. The molecule has 0 radical (unpaired) electrons. The van der Waals surface area contributed by atoms with Crippen molar-refractivity contribution in [1.82, 2.24) is 0 Å². The number of carbonyl (C=O) groups excluding carboxylic acids is 1. The van der Waals surface area contributed by atoms with E-state index in [1.807, 2.05) is 0 Å². The highest BCUT2D eigenvalue weighted by atomic mass is 19.4. The number of carbonyl (C=O) groups is 1. The van der Waals surface area contributed by atoms with Crippen molar-refractivity contribution < 1.29 is 22.7 Å². The van der Waals surface area contributed by atoms with Crippen LogP contribution in [0.2, 0.25) is 0 Å². The summed E-state index contributed by atoms with van der Waals surface area (Å²) in [6, 6.07) is 3.80. The first-order valence-corrected chi connectivity index (χ1v) is 5.66. The van der Waals surface area contributed by atoms with E-state index in [9.17, 15) is 18.0 Å². The van der Waals surface area contributed by atoms with E-state index in [0.29, 0.717) is 0 Å². The standard InChI is InChI=1S/C13H12F3NO2/c1-3-9-5-8(7-17)6-10(12(18)19-4-2)11(9)13(14,15)16/h5-6H,3-4H2,1-2H3. The fourth-order valence-electron chi connectivity index (χ4n) is 1.75. The Bertz CT molecular complexity index is 530. The molecule has 0 fully saturated rings. The van der Waals surface area contributed by atoms with Gasteiger partial charge in [0.05, 0.1) is 29.4 Å². The van der Waals surface area contributed by atoms with E-state index in [1.54, 1.807) is 6.07 Å². The van der Waals surface area contributed by atoms with Gasteiger partial charge in [-0.3, -0.25) is 0 Å². The zero-order valence-electron chi connectivity index (χ0n) is 10.5. The average Bonchev–Trinajstić information content (AvgIpc) is 2.36. The molecule has 0 aromatic heterocycles. The Kier molecular flexibility index (Phi) is 4.54. The van der Waals surface area contributed by atoms with Gasteiger partial charge in [0.15, 0.2) is 0 Å². The van der Waals surface area contributed by atoms with Gasteiger partial charge in [-0.2, -0.15) is 18.4 Å². The smallest absolute Gasteiger partial charge is 0.417 e. The molecule has 0 aliphatic rings. The average molecular weight is 271 g/mol. The predicted octanol–water partition coefficient (Wildman–Crippen LogP) is 3.32. The number of hydrogen-bond acceptors (Lipinski definition) is 3. The minimum Gasteiger partial charge on any atom is -0.462 e. The Hall–Kier alpha value is -2.03. The van der Waals surface area contributed by atoms with Gasteiger partial charge in [-0.05, 0) is 31.0 Å². The number of rotatable bonds is 3. The van der Waals surface area contributed by atoms with Crippen LogP contribution in [0.3, 0.4) is 0 Å². The molecule has 1 aromatic rings. The van der Waals surface area contributed by atoms with E-state index in [4.69, 9.17) is 5.26 Å². The summed E-state index contributed by atoms with van der Waals surface area (Å²) in [5.41, 5.74) is -1.71. The molecule has 0 saturated heterocycles. The van der Waals surface area contributed by atoms with Gasteiger partial charge in [-0.1, -0.05) is 6.92 Å². The van der Waals surface area contributed by atoms with Gasteiger partial charge >= 0.3 is 12.1 Å². The summed E-state index contributed by atoms with van der Waals surface area (Å²) in [4.78, 5) is 11.6. The number of alkyl halides is 3. The lowest BCUT2D eigenvalue weighted by Gasteiger charge is -2.16. The van der Waals surface area contributed by atoms with E-state index in [-0.39, 0.29) is 24.2 Å². The number of benzene rings is 1. The van der Waals surface area contributed by atoms with Crippen molar-refractivity contribution in [2.75, 3.05) is 6.61 Å². The fourth-order valence-corrected chi connectivity index (χ4v) is 1.75. The van der Waals surface area contributed by atoms with Crippen LogP contribution >= 0.6 is 0 Å². The van der Waals surface area contributed by atoms with Crippen molar-refractivity contribution >= 4 is 5.97 Å². The number of aryl methyl sites for hydroxylation is 1. The van der Waals surface area contributed by atoms with Gasteiger partial charge in [0.1, 0.15) is 0 Å². The first-order valence-electron chi connectivity index (χ1n) is 5.66. The zero-order valence-corrected chi connectivity index (χ0v) is 10.5. The molecule has 102 valence electrons. The third-order valence-electron chi connectivity index (χ3n) is 2.51. The zero-order chi connectivity index (χ0) is 14.6. The molecule has 0 N–H and O–H groups in total. The summed E-state index contributed by atoms with van der Waals surface area (Å²) in [5.74, 6) is -1.07. The first-order chi connectivity index (χ1) is 8.85. The lowest BCUT2D eigenvalue weighted by molar-refractivity contribution is -0.138. The Morgan fingerprint density at radius 2 is 2.00 bits per heavy atom. The molecule has 1 aromatic carbocycles. The summed E-state index contributed by atoms with van der Waals surface area (Å²) in [5, 5.41) is 8.80. The molecular formula is C13H12F3NO2. The molecular weight excluding hydrogens is 259 g/mol. The number of hydrogen-bond donors (Lipinski definition) is 0. The van der Waals surface area contributed by atoms with Gasteiger partial charge in [-0.15, -0.1) is 0 Å². The van der Waals surface area contributed by atoms with Gasteiger partial charge in [-0.25, -0.2) is 4.79 Å². The monoisotopic (exact) mass is 271 g/mol. The van der Waals surface area contributed by atoms with Crippen molar-refractivity contribution in [3.8, 4) is 6.07 Å². The van der Waals surface area contributed by atoms with E-state index < -0.39 is 23.3 Å². The highest BCUT2D eigenvalue weighted by Crippen LogP contribution is 2.36. The van der Waals surface area contributed by atoms with E-state index in [2.05, 4.69) is 4.74 Å². The minimum absolute atomic E-state index is 0.00732. The van der Waals surface area contributed by atoms with Gasteiger partial charge < -0.3 is 4.74 Å². The largest absolute Gasteiger partial charge is 0.462 e. The number of nitriles is 1. The summed E-state index contributed by atoms with van der Waals surface area (Å²) in [7, 11) is 0. The van der Waals surface area contributed by atoms with Gasteiger partial charge in [0, 0.05) is 0 Å². The quantitative estimate of drug-likeness (QED) is 0.792. The van der Waals surface area contributed by atoms with Crippen LogP contribution in [0.5, 0.6) is 0 Å². The summed E-state index contributed by atoms with van der Waals surface area (Å²) >= 11 is 0. The van der Waals surface area contributed by atoms with Crippen LogP contribution in [0.4, 0.5) is 13.2 Å². The Morgan fingerprint density at radius 1 is 1.37 bits per heavy atom. The maximum atomic E-state index is 13.0. The van der Waals surface area contributed by atoms with Crippen LogP contribution < -0.4 is 0 Å². The molecule has 0 spiro atoms. The second-order valence-electron chi connectivity index (χ2n) is 3.74. The molecule has 0 atom stereocenters. The molecule has 6 heteroatoms. The third kappa shape index (κ3) is 3.25. The van der Waals surface area contributed by atoms with Crippen LogP contribution in [-0.4, -0.2) is 12.6 Å². The molecule has 0 heterocycles. The second kappa shape index (κ2) is 5.74. The highest BCUT2D eigenvalue weighted by molar-refractivity contribution is 5.92. The molecule has 3 nitrogen and oxygen atoms in total. The highest BCUT2D eigenvalue weighted by Gasteiger charge is 2.38. The van der Waals surface area contributed by atoms with E-state index in [0.717, 1.165) is 12.1 Å². The number of esters is 1. The first kappa shape index (κ1) is 15.0. The number of nitrogens with zero attached hydrogens (tertiary/aromatic N) is 1. The van der Waals surface area contributed by atoms with Crippen LogP contribution in [-0.2, 0) is 17.3 Å². The van der Waals surface area contributed by atoms with E-state index in [1.165, 1.54) is 13.8 Å². The fraction of sp³-hybridized carbons (Fsp3) is 0.385. The SMILES string of the molecule is CCOC(=O)c1cc(C#N)cc(CC)c1C(F)(F)F. The van der Waals surface area contributed by atoms with Crippen molar-refractivity contribution in [2.45, 2.75) is 26.4 Å².